The fourth-order valence-electron chi connectivity index (χ4n) is 8.62. The van der Waals surface area contributed by atoms with Gasteiger partial charge in [-0.3, -0.25) is 24.0 Å². The lowest BCUT2D eigenvalue weighted by atomic mass is 9.97. The van der Waals surface area contributed by atoms with Crippen molar-refractivity contribution in [2.24, 2.45) is 11.8 Å². The van der Waals surface area contributed by atoms with E-state index in [0.717, 1.165) is 62.5 Å². The number of nitrogens with zero attached hydrogens (tertiary/aromatic N) is 2. The van der Waals surface area contributed by atoms with Crippen molar-refractivity contribution in [2.45, 2.75) is 145 Å². The van der Waals surface area contributed by atoms with E-state index in [-0.39, 0.29) is 37.8 Å². The Morgan fingerprint density at radius 1 is 0.925 bits per heavy atom. The molecule has 0 aromatic heterocycles. The van der Waals surface area contributed by atoms with E-state index in [1.807, 2.05) is 19.1 Å². The number of nitrogens with one attached hydrogen (secondary N) is 3. The number of aryl methyl sites for hydroxylation is 1. The molecule has 4 aliphatic heterocycles. The molecule has 6 aliphatic rings. The average molecular weight is 756 g/mol. The highest BCUT2D eigenvalue weighted by Crippen LogP contribution is 2.48. The zero-order valence-electron chi connectivity index (χ0n) is 30.6. The Morgan fingerprint density at radius 3 is 2.45 bits per heavy atom. The first-order valence-electron chi connectivity index (χ1n) is 19.6. The van der Waals surface area contributed by atoms with E-state index in [9.17, 15) is 32.4 Å². The van der Waals surface area contributed by atoms with Crippen molar-refractivity contribution in [1.29, 1.82) is 0 Å². The van der Waals surface area contributed by atoms with Crippen molar-refractivity contribution < 1.29 is 41.9 Å². The van der Waals surface area contributed by atoms with Gasteiger partial charge in [-0.1, -0.05) is 63.6 Å². The maximum absolute atomic E-state index is 14.4. The normalized spacial score (nSPS) is 31.9. The summed E-state index contributed by atoms with van der Waals surface area (Å²) in [5.41, 5.74) is 1.95. The van der Waals surface area contributed by atoms with E-state index in [1.54, 1.807) is 4.90 Å². The second-order valence-electron chi connectivity index (χ2n) is 16.2. The Balaban J connectivity index is 1.16. The SMILES string of the molecule is C[C@H]1CCCCc2cccc3c2CN(C3)C(=O)O[C@@H]2C[C@H]3C(=O)N[C@]4(C(=O)NS(=O)(=O)C5CC5)C[C@@H]4CCCCCCC[C@H](NC(=O)OC1)C(=O)N3C2. The van der Waals surface area contributed by atoms with Crippen LogP contribution >= 0.6 is 0 Å². The highest BCUT2D eigenvalue weighted by Gasteiger charge is 2.62. The van der Waals surface area contributed by atoms with Crippen LogP contribution in [0.25, 0.3) is 0 Å². The van der Waals surface area contributed by atoms with Crippen LogP contribution in [-0.2, 0) is 53.4 Å². The lowest BCUT2D eigenvalue weighted by Crippen LogP contribution is -2.58. The molecule has 7 rings (SSSR count). The molecule has 3 N–H and O–H groups in total. The summed E-state index contributed by atoms with van der Waals surface area (Å²) in [6.45, 7) is 2.95. The largest absolute Gasteiger partial charge is 0.449 e. The topological polar surface area (TPSA) is 181 Å². The first kappa shape index (κ1) is 37.4. The van der Waals surface area contributed by atoms with Crippen LogP contribution < -0.4 is 15.4 Å². The minimum atomic E-state index is -3.87. The van der Waals surface area contributed by atoms with Crippen molar-refractivity contribution in [2.75, 3.05) is 13.2 Å². The Morgan fingerprint density at radius 2 is 1.66 bits per heavy atom. The molecular formula is C38H53N5O9S. The molecule has 1 aromatic rings. The van der Waals surface area contributed by atoms with Crippen LogP contribution in [0.1, 0.15) is 114 Å². The van der Waals surface area contributed by atoms with E-state index < -0.39 is 68.9 Å². The molecule has 2 aliphatic carbocycles. The first-order chi connectivity index (χ1) is 25.4. The summed E-state index contributed by atoms with van der Waals surface area (Å²) < 4.78 is 39.5. The molecule has 2 saturated carbocycles. The van der Waals surface area contributed by atoms with Crippen LogP contribution in [0, 0.1) is 11.8 Å². The lowest BCUT2D eigenvalue weighted by Gasteiger charge is -2.30. The highest BCUT2D eigenvalue weighted by molar-refractivity contribution is 7.91. The van der Waals surface area contributed by atoms with Gasteiger partial charge in [0.1, 0.15) is 23.7 Å². The van der Waals surface area contributed by atoms with Gasteiger partial charge in [-0.15, -0.1) is 0 Å². The third-order valence-electron chi connectivity index (χ3n) is 12.0. The number of carbonyl (C=O) groups excluding carboxylic acids is 5. The van der Waals surface area contributed by atoms with E-state index in [2.05, 4.69) is 21.4 Å². The third-order valence-corrected chi connectivity index (χ3v) is 13.9. The van der Waals surface area contributed by atoms with Gasteiger partial charge in [0.05, 0.1) is 18.4 Å². The Hall–Kier alpha value is -3.88. The van der Waals surface area contributed by atoms with Gasteiger partial charge in [-0.25, -0.2) is 18.0 Å². The molecule has 290 valence electrons. The molecule has 6 atom stereocenters. The van der Waals surface area contributed by atoms with Crippen LogP contribution in [0.2, 0.25) is 0 Å². The van der Waals surface area contributed by atoms with Gasteiger partial charge in [-0.2, -0.15) is 0 Å². The Bertz CT molecular complexity index is 1720. The second kappa shape index (κ2) is 15.5. The van der Waals surface area contributed by atoms with Crippen molar-refractivity contribution in [1.82, 2.24) is 25.2 Å². The van der Waals surface area contributed by atoms with Crippen molar-refractivity contribution >= 4 is 39.9 Å². The third kappa shape index (κ3) is 8.44. The highest BCUT2D eigenvalue weighted by atomic mass is 32.2. The molecule has 4 fully saturated rings. The average Bonchev–Trinajstić information content (AvgIpc) is 4.01. The first-order valence-corrected chi connectivity index (χ1v) is 21.1. The molecule has 1 aromatic carbocycles. The summed E-state index contributed by atoms with van der Waals surface area (Å²) in [6, 6.07) is 4.01. The standard InChI is InChI=1S/C38H53N5O9S/c1-24-10-7-8-11-25-12-9-13-26-20-42(22-30(25)26)37(48)52-28-18-32-33(44)40-38(35(46)41-53(49,50)29-16-17-29)19-27(38)14-5-3-2-4-6-15-31(34(45)43(32)21-28)39-36(47)51-23-24/h9,12-13,24,27-29,31-32H,2-8,10-11,14-23H2,1H3,(H,39,47)(H,40,44)(H,41,46)/t24-,27-,28+,31-,32-,38+/m0/s1. The maximum atomic E-state index is 14.4. The van der Waals surface area contributed by atoms with Crippen LogP contribution in [0.5, 0.6) is 0 Å². The maximum Gasteiger partial charge on any atom is 0.410 e. The van der Waals surface area contributed by atoms with E-state index in [0.29, 0.717) is 45.2 Å². The predicted octanol–water partition coefficient (Wildman–Crippen LogP) is 3.79. The van der Waals surface area contributed by atoms with Gasteiger partial charge >= 0.3 is 12.2 Å². The minimum absolute atomic E-state index is 0.0211. The molecule has 0 radical (unpaired) electrons. The van der Waals surface area contributed by atoms with Crippen molar-refractivity contribution in [3.63, 3.8) is 0 Å². The molecule has 2 saturated heterocycles. The van der Waals surface area contributed by atoms with Crippen LogP contribution in [-0.4, -0.2) is 90.3 Å². The number of carbonyl (C=O) groups is 5. The molecular weight excluding hydrogens is 703 g/mol. The summed E-state index contributed by atoms with van der Waals surface area (Å²) in [6.07, 6.45) is 7.77. The number of alkyl carbamates (subject to hydrolysis) is 1. The molecule has 15 heteroatoms. The summed E-state index contributed by atoms with van der Waals surface area (Å²) in [5.74, 6) is -2.02. The molecule has 53 heavy (non-hydrogen) atoms. The fourth-order valence-corrected chi connectivity index (χ4v) is 9.98. The smallest absolute Gasteiger partial charge is 0.410 e. The predicted molar refractivity (Wildman–Crippen MR) is 192 cm³/mol. The number of hydrogen-bond donors (Lipinski definition) is 3. The van der Waals surface area contributed by atoms with Crippen LogP contribution in [0.4, 0.5) is 9.59 Å². The number of sulfonamides is 1. The van der Waals surface area contributed by atoms with Crippen molar-refractivity contribution in [3.8, 4) is 0 Å². The molecule has 0 unspecified atom stereocenters. The summed E-state index contributed by atoms with van der Waals surface area (Å²) in [7, 11) is -3.87. The number of fused-ring (bicyclic) bond motifs is 4. The zero-order chi connectivity index (χ0) is 37.3. The fraction of sp³-hybridized carbons (Fsp3) is 0.711. The van der Waals surface area contributed by atoms with Gasteiger partial charge < -0.3 is 25.0 Å². The monoisotopic (exact) mass is 755 g/mol. The summed E-state index contributed by atoms with van der Waals surface area (Å²) in [5, 5.41) is 5.06. The van der Waals surface area contributed by atoms with Gasteiger partial charge in [-0.05, 0) is 79.9 Å². The number of benzene rings is 1. The number of rotatable bonds is 3. The minimum Gasteiger partial charge on any atom is -0.449 e. The molecule has 0 spiro atoms. The second-order valence-corrected chi connectivity index (χ2v) is 18.1. The number of hydrogen-bond acceptors (Lipinski definition) is 9. The van der Waals surface area contributed by atoms with Gasteiger partial charge in [0.15, 0.2) is 0 Å². The van der Waals surface area contributed by atoms with E-state index in [1.165, 1.54) is 10.5 Å². The Kier molecular flexibility index (Phi) is 10.9. The summed E-state index contributed by atoms with van der Waals surface area (Å²) in [4.78, 5) is 72.2. The summed E-state index contributed by atoms with van der Waals surface area (Å²) >= 11 is 0. The number of cyclic esters (lactones) is 1. The van der Waals surface area contributed by atoms with Gasteiger partial charge in [0.2, 0.25) is 21.8 Å². The lowest BCUT2D eigenvalue weighted by molar-refractivity contribution is -0.141. The Labute approximate surface area is 311 Å². The van der Waals surface area contributed by atoms with Gasteiger partial charge in [0.25, 0.3) is 5.91 Å². The quantitative estimate of drug-likeness (QED) is 0.414. The molecule has 5 amide bonds. The van der Waals surface area contributed by atoms with Crippen molar-refractivity contribution in [3.05, 3.63) is 34.9 Å². The molecule has 4 heterocycles. The van der Waals surface area contributed by atoms with E-state index >= 15 is 0 Å². The zero-order valence-corrected chi connectivity index (χ0v) is 31.4. The molecule has 14 nitrogen and oxygen atoms in total. The van der Waals surface area contributed by atoms with Crippen LogP contribution in [0.3, 0.4) is 0 Å². The van der Waals surface area contributed by atoms with E-state index in [4.69, 9.17) is 9.47 Å². The van der Waals surface area contributed by atoms with Gasteiger partial charge in [0, 0.05) is 19.5 Å². The number of amides is 5. The molecule has 5 bridgehead atoms. The number of ether oxygens (including phenoxy) is 2. The van der Waals surface area contributed by atoms with Crippen LogP contribution in [0.15, 0.2) is 18.2 Å².